The molecule has 2 nitrogen and oxygen atoms in total. The van der Waals surface area contributed by atoms with E-state index in [0.29, 0.717) is 16.6 Å². The second-order valence-corrected chi connectivity index (χ2v) is 5.07. The maximum absolute atomic E-state index is 8.82. The highest BCUT2D eigenvalue weighted by Gasteiger charge is 2.04. The zero-order chi connectivity index (χ0) is 11.3. The summed E-state index contributed by atoms with van der Waals surface area (Å²) in [4.78, 5) is 0. The van der Waals surface area contributed by atoms with Crippen molar-refractivity contribution in [1.82, 2.24) is 0 Å². The molecule has 0 saturated heterocycles. The Morgan fingerprint density at radius 1 is 1.47 bits per heavy atom. The van der Waals surface area contributed by atoms with E-state index in [2.05, 4.69) is 19.9 Å². The van der Waals surface area contributed by atoms with Crippen molar-refractivity contribution < 1.29 is 4.74 Å². The smallest absolute Gasteiger partial charge is 0.136 e. The molecule has 0 heterocycles. The van der Waals surface area contributed by atoms with Crippen LogP contribution in [0.2, 0.25) is 0 Å². The standard InChI is InChI=1S/C12H15NOS/c1-9(2)15-8-10-4-5-11(7-13)12(6-10)14-3/h4-6,9H,8H2,1-3H3. The van der Waals surface area contributed by atoms with Gasteiger partial charge in [0.2, 0.25) is 0 Å². The predicted octanol–water partition coefficient (Wildman–Crippen LogP) is 3.21. The number of rotatable bonds is 4. The maximum Gasteiger partial charge on any atom is 0.136 e. The molecule has 1 aromatic rings. The summed E-state index contributed by atoms with van der Waals surface area (Å²) in [7, 11) is 1.59. The second-order valence-electron chi connectivity index (χ2n) is 3.51. The second kappa shape index (κ2) is 5.67. The minimum Gasteiger partial charge on any atom is -0.495 e. The van der Waals surface area contributed by atoms with Crippen molar-refractivity contribution in [2.24, 2.45) is 0 Å². The van der Waals surface area contributed by atoms with E-state index < -0.39 is 0 Å². The van der Waals surface area contributed by atoms with Crippen molar-refractivity contribution in [3.05, 3.63) is 29.3 Å². The van der Waals surface area contributed by atoms with Crippen molar-refractivity contribution >= 4 is 11.8 Å². The number of hydrogen-bond acceptors (Lipinski definition) is 3. The number of thioether (sulfide) groups is 1. The van der Waals surface area contributed by atoms with Crippen molar-refractivity contribution in [2.45, 2.75) is 24.9 Å². The van der Waals surface area contributed by atoms with Crippen LogP contribution in [0, 0.1) is 11.3 Å². The molecule has 0 fully saturated rings. The van der Waals surface area contributed by atoms with Gasteiger partial charge in [0, 0.05) is 5.75 Å². The summed E-state index contributed by atoms with van der Waals surface area (Å²) in [5, 5.41) is 9.44. The van der Waals surface area contributed by atoms with E-state index in [1.807, 2.05) is 30.0 Å². The number of nitriles is 1. The van der Waals surface area contributed by atoms with Gasteiger partial charge in [-0.05, 0) is 22.9 Å². The lowest BCUT2D eigenvalue weighted by molar-refractivity contribution is 0.413. The van der Waals surface area contributed by atoms with Crippen LogP contribution >= 0.6 is 11.8 Å². The number of benzene rings is 1. The van der Waals surface area contributed by atoms with Gasteiger partial charge in [0.15, 0.2) is 0 Å². The van der Waals surface area contributed by atoms with E-state index in [1.165, 1.54) is 5.56 Å². The van der Waals surface area contributed by atoms with E-state index >= 15 is 0 Å². The van der Waals surface area contributed by atoms with Crippen molar-refractivity contribution in [2.75, 3.05) is 7.11 Å². The van der Waals surface area contributed by atoms with Gasteiger partial charge in [-0.2, -0.15) is 17.0 Å². The zero-order valence-corrected chi connectivity index (χ0v) is 10.1. The third-order valence-corrected chi connectivity index (χ3v) is 3.14. The van der Waals surface area contributed by atoms with Gasteiger partial charge in [0.1, 0.15) is 11.8 Å². The Balaban J connectivity index is 2.80. The van der Waals surface area contributed by atoms with Gasteiger partial charge in [0.05, 0.1) is 12.7 Å². The fourth-order valence-corrected chi connectivity index (χ4v) is 1.89. The van der Waals surface area contributed by atoms with Crippen LogP contribution in [-0.2, 0) is 5.75 Å². The van der Waals surface area contributed by atoms with Crippen molar-refractivity contribution in [1.29, 1.82) is 5.26 Å². The van der Waals surface area contributed by atoms with E-state index in [0.717, 1.165) is 5.75 Å². The van der Waals surface area contributed by atoms with Crippen LogP contribution in [0.15, 0.2) is 18.2 Å². The molecule has 0 aliphatic rings. The van der Waals surface area contributed by atoms with Crippen LogP contribution in [-0.4, -0.2) is 12.4 Å². The summed E-state index contributed by atoms with van der Waals surface area (Å²) in [6.45, 7) is 4.34. The molecule has 0 spiro atoms. The van der Waals surface area contributed by atoms with E-state index in [4.69, 9.17) is 10.00 Å². The highest BCUT2D eigenvalue weighted by molar-refractivity contribution is 7.99. The molecule has 3 heteroatoms. The Morgan fingerprint density at radius 3 is 2.73 bits per heavy atom. The molecule has 1 rings (SSSR count). The molecular formula is C12H15NOS. The molecule has 1 aromatic carbocycles. The Labute approximate surface area is 95.3 Å². The third kappa shape index (κ3) is 3.49. The van der Waals surface area contributed by atoms with Gasteiger partial charge in [-0.15, -0.1) is 0 Å². The normalized spacial score (nSPS) is 10.1. The van der Waals surface area contributed by atoms with Crippen molar-refractivity contribution in [3.8, 4) is 11.8 Å². The molecule has 0 aliphatic carbocycles. The lowest BCUT2D eigenvalue weighted by atomic mass is 10.1. The molecule has 0 aliphatic heterocycles. The zero-order valence-electron chi connectivity index (χ0n) is 9.28. The molecule has 0 saturated carbocycles. The quantitative estimate of drug-likeness (QED) is 0.782. The summed E-state index contributed by atoms with van der Waals surface area (Å²) in [6.07, 6.45) is 0. The maximum atomic E-state index is 8.82. The molecule has 0 aromatic heterocycles. The molecule has 0 bridgehead atoms. The van der Waals surface area contributed by atoms with Crippen LogP contribution in [0.5, 0.6) is 5.75 Å². The Hall–Kier alpha value is -1.14. The molecule has 80 valence electrons. The van der Waals surface area contributed by atoms with Crippen molar-refractivity contribution in [3.63, 3.8) is 0 Å². The summed E-state index contributed by atoms with van der Waals surface area (Å²) in [5.74, 6) is 1.62. The minimum atomic E-state index is 0.593. The van der Waals surface area contributed by atoms with Gasteiger partial charge in [-0.1, -0.05) is 19.9 Å². The lowest BCUT2D eigenvalue weighted by Gasteiger charge is -2.07. The average Bonchev–Trinajstić information content (AvgIpc) is 2.25. The molecule has 0 radical (unpaired) electrons. The largest absolute Gasteiger partial charge is 0.495 e. The number of nitrogens with zero attached hydrogens (tertiary/aromatic N) is 1. The Bertz CT molecular complexity index is 368. The Kier molecular flexibility index (Phi) is 4.51. The predicted molar refractivity (Wildman–Crippen MR) is 64.1 cm³/mol. The number of hydrogen-bond donors (Lipinski definition) is 0. The number of methoxy groups -OCH3 is 1. The fraction of sp³-hybridized carbons (Fsp3) is 0.417. The lowest BCUT2D eigenvalue weighted by Crippen LogP contribution is -1.92. The topological polar surface area (TPSA) is 33.0 Å². The summed E-state index contributed by atoms with van der Waals surface area (Å²) in [5.41, 5.74) is 1.79. The highest BCUT2D eigenvalue weighted by Crippen LogP contribution is 2.23. The van der Waals surface area contributed by atoms with Crippen LogP contribution in [0.3, 0.4) is 0 Å². The molecule has 0 unspecified atom stereocenters. The molecule has 0 atom stereocenters. The first-order chi connectivity index (χ1) is 7.17. The summed E-state index contributed by atoms with van der Waals surface area (Å²) < 4.78 is 5.15. The number of ether oxygens (including phenoxy) is 1. The van der Waals surface area contributed by atoms with E-state index in [1.54, 1.807) is 7.11 Å². The molecular weight excluding hydrogens is 206 g/mol. The third-order valence-electron chi connectivity index (χ3n) is 1.97. The summed E-state index contributed by atoms with van der Waals surface area (Å²) >= 11 is 1.88. The SMILES string of the molecule is COc1cc(CSC(C)C)ccc1C#N. The van der Waals surface area contributed by atoms with E-state index in [9.17, 15) is 0 Å². The molecule has 0 N–H and O–H groups in total. The van der Waals surface area contributed by atoms with Gasteiger partial charge >= 0.3 is 0 Å². The van der Waals surface area contributed by atoms with E-state index in [-0.39, 0.29) is 0 Å². The minimum absolute atomic E-state index is 0.593. The van der Waals surface area contributed by atoms with Crippen LogP contribution in [0.1, 0.15) is 25.0 Å². The first-order valence-electron chi connectivity index (χ1n) is 4.86. The van der Waals surface area contributed by atoms with Gasteiger partial charge in [-0.25, -0.2) is 0 Å². The van der Waals surface area contributed by atoms with Gasteiger partial charge < -0.3 is 4.74 Å². The first-order valence-corrected chi connectivity index (χ1v) is 5.91. The summed E-state index contributed by atoms with van der Waals surface area (Å²) in [6, 6.07) is 7.84. The van der Waals surface area contributed by atoms with Crippen LogP contribution in [0.25, 0.3) is 0 Å². The molecule has 15 heavy (non-hydrogen) atoms. The van der Waals surface area contributed by atoms with Crippen LogP contribution in [0.4, 0.5) is 0 Å². The van der Waals surface area contributed by atoms with Gasteiger partial charge in [0.25, 0.3) is 0 Å². The molecule has 0 amide bonds. The highest BCUT2D eigenvalue weighted by atomic mass is 32.2. The van der Waals surface area contributed by atoms with Crippen LogP contribution < -0.4 is 4.74 Å². The average molecular weight is 221 g/mol. The Morgan fingerprint density at radius 2 is 2.20 bits per heavy atom. The van der Waals surface area contributed by atoms with Gasteiger partial charge in [-0.3, -0.25) is 0 Å². The fourth-order valence-electron chi connectivity index (χ4n) is 1.18. The monoisotopic (exact) mass is 221 g/mol. The first kappa shape index (κ1) is 11.9.